The number of anilines is 1. The molecular weight excluding hydrogens is 498 g/mol. The van der Waals surface area contributed by atoms with Gasteiger partial charge in [-0.3, -0.25) is 20.6 Å². The standard InChI is InChI=1S/C12H19N3O3.C11H12F4N4/c1-8-3-9-5-12(4-8,15(9)7-16)11(14)18-10(13)6-17-2;1-17-5-19-10(16)6-3-9(18-2)8(12)4-7(6)11(13,14)15/h7-9,13-14H,3-6H2,1-2H3;3-5,18H,1-2H3,(H2,16,17,19)/t8?,9-,12?;/m1./s1. The van der Waals surface area contributed by atoms with Crippen LogP contribution >= 0.6 is 0 Å². The number of ether oxygens (including phenoxy) is 2. The summed E-state index contributed by atoms with van der Waals surface area (Å²) in [5, 5.41) is 18.0. The molecule has 1 aromatic carbocycles. The molecule has 4 rings (SSSR count). The number of hydrogen-bond donors (Lipinski definition) is 4. The van der Waals surface area contributed by atoms with Crippen molar-refractivity contribution < 1.29 is 31.8 Å². The molecule has 1 aromatic rings. The fourth-order valence-electron chi connectivity index (χ4n) is 4.61. The Bertz CT molecular complexity index is 1080. The van der Waals surface area contributed by atoms with Gasteiger partial charge in [0.1, 0.15) is 30.1 Å². The first-order chi connectivity index (χ1) is 17.3. The third-order valence-corrected chi connectivity index (χ3v) is 6.13. The minimum Gasteiger partial charge on any atom is -0.425 e. The van der Waals surface area contributed by atoms with Crippen molar-refractivity contribution in [3.8, 4) is 0 Å². The molecule has 2 unspecified atom stereocenters. The van der Waals surface area contributed by atoms with Crippen molar-refractivity contribution in [1.82, 2.24) is 4.90 Å². The molecule has 1 saturated carbocycles. The molecule has 1 aliphatic carbocycles. The first-order valence-electron chi connectivity index (χ1n) is 11.2. The number of alkyl halides is 3. The van der Waals surface area contributed by atoms with Gasteiger partial charge in [0, 0.05) is 39.2 Å². The number of halogens is 4. The third-order valence-electron chi connectivity index (χ3n) is 6.13. The Morgan fingerprint density at radius 2 is 2.03 bits per heavy atom. The van der Waals surface area contributed by atoms with E-state index in [2.05, 4.69) is 22.2 Å². The number of nitrogens with two attached hydrogens (primary N) is 1. The maximum atomic E-state index is 13.4. The molecule has 2 heterocycles. The Labute approximate surface area is 211 Å². The summed E-state index contributed by atoms with van der Waals surface area (Å²) in [6.07, 6.45) is -0.415. The summed E-state index contributed by atoms with van der Waals surface area (Å²) < 4.78 is 61.8. The van der Waals surface area contributed by atoms with Crippen LogP contribution in [-0.4, -0.2) is 74.7 Å². The van der Waals surface area contributed by atoms with Crippen molar-refractivity contribution in [3.05, 3.63) is 29.1 Å². The first kappa shape index (κ1) is 29.7. The molecular formula is C23H31F4N7O3. The monoisotopic (exact) mass is 529 g/mol. The van der Waals surface area contributed by atoms with Crippen molar-refractivity contribution in [1.29, 1.82) is 10.8 Å². The largest absolute Gasteiger partial charge is 0.425 e. The Balaban J connectivity index is 0.000000260. The highest BCUT2D eigenvalue weighted by atomic mass is 19.4. The number of carbonyl (C=O) groups is 1. The molecule has 2 aliphatic heterocycles. The number of methoxy groups -OCH3 is 1. The summed E-state index contributed by atoms with van der Waals surface area (Å²) in [6, 6.07) is 1.57. The van der Waals surface area contributed by atoms with Crippen molar-refractivity contribution in [2.45, 2.75) is 43.9 Å². The van der Waals surface area contributed by atoms with Crippen molar-refractivity contribution in [2.75, 3.05) is 33.1 Å². The second-order valence-corrected chi connectivity index (χ2v) is 8.75. The molecule has 0 aromatic heterocycles. The number of hydrogen-bond acceptors (Lipinski definition) is 7. The zero-order valence-electron chi connectivity index (χ0n) is 20.9. The molecule has 14 heteroatoms. The van der Waals surface area contributed by atoms with Crippen molar-refractivity contribution >= 4 is 36.1 Å². The smallest absolute Gasteiger partial charge is 0.417 e. The molecule has 1 amide bonds. The van der Waals surface area contributed by atoms with Gasteiger partial charge in [-0.25, -0.2) is 9.38 Å². The van der Waals surface area contributed by atoms with Gasteiger partial charge in [-0.1, -0.05) is 6.92 Å². The SMILES string of the molecule is CN=CN=C(N)c1cc(NC)c(F)cc1C(F)(F)F.COCC(=N)OC(=N)C12CC(C)C[C@H](C1)N2C=O. The maximum absolute atomic E-state index is 13.4. The fraction of sp³-hybridized carbons (Fsp3) is 0.522. The van der Waals surface area contributed by atoms with Crippen LogP contribution in [0.5, 0.6) is 0 Å². The van der Waals surface area contributed by atoms with Crippen LogP contribution in [0.4, 0.5) is 23.2 Å². The first-order valence-corrected chi connectivity index (χ1v) is 11.2. The average Bonchev–Trinajstić information content (AvgIpc) is 2.82. The number of amidine groups is 1. The van der Waals surface area contributed by atoms with Crippen LogP contribution < -0.4 is 11.1 Å². The van der Waals surface area contributed by atoms with Gasteiger partial charge in [0.15, 0.2) is 0 Å². The molecule has 0 spiro atoms. The number of benzene rings is 1. The van der Waals surface area contributed by atoms with Gasteiger partial charge in [-0.05, 0) is 30.9 Å². The second kappa shape index (κ2) is 12.1. The van der Waals surface area contributed by atoms with Gasteiger partial charge in [-0.2, -0.15) is 13.2 Å². The van der Waals surface area contributed by atoms with Crippen LogP contribution in [0.1, 0.15) is 37.3 Å². The number of rotatable bonds is 7. The number of nitrogens with zero attached hydrogens (tertiary/aromatic N) is 3. The molecule has 37 heavy (non-hydrogen) atoms. The van der Waals surface area contributed by atoms with E-state index in [1.807, 2.05) is 0 Å². The minimum atomic E-state index is -4.73. The third kappa shape index (κ3) is 6.61. The van der Waals surface area contributed by atoms with Gasteiger partial charge >= 0.3 is 6.18 Å². The van der Waals surface area contributed by atoms with Crippen LogP contribution in [0, 0.1) is 22.6 Å². The topological polar surface area (TPSA) is 149 Å². The van der Waals surface area contributed by atoms with Crippen LogP contribution in [0.3, 0.4) is 0 Å². The van der Waals surface area contributed by atoms with E-state index in [1.54, 1.807) is 4.90 Å². The Morgan fingerprint density at radius 3 is 2.57 bits per heavy atom. The number of aliphatic imine (C=N–C) groups is 2. The zero-order chi connectivity index (χ0) is 28.0. The lowest BCUT2D eigenvalue weighted by molar-refractivity contribution is -0.146. The molecule has 3 atom stereocenters. The minimum absolute atomic E-state index is 0.000509. The lowest BCUT2D eigenvalue weighted by Gasteiger charge is -2.61. The van der Waals surface area contributed by atoms with E-state index in [1.165, 1.54) is 21.2 Å². The normalized spacial score (nSPS) is 23.0. The van der Waals surface area contributed by atoms with Gasteiger partial charge in [-0.15, -0.1) is 0 Å². The molecule has 3 aliphatic rings. The number of nitrogens with one attached hydrogen (secondary N) is 3. The van der Waals surface area contributed by atoms with Crippen LogP contribution in [-0.2, 0) is 20.4 Å². The van der Waals surface area contributed by atoms with E-state index in [4.69, 9.17) is 26.0 Å². The summed E-state index contributed by atoms with van der Waals surface area (Å²) in [7, 11) is 4.25. The number of amides is 1. The van der Waals surface area contributed by atoms with E-state index in [0.29, 0.717) is 12.0 Å². The van der Waals surface area contributed by atoms with E-state index in [-0.39, 0.29) is 30.1 Å². The summed E-state index contributed by atoms with van der Waals surface area (Å²) in [6.45, 7) is 2.16. The maximum Gasteiger partial charge on any atom is 0.417 e. The van der Waals surface area contributed by atoms with Gasteiger partial charge < -0.3 is 25.4 Å². The lowest BCUT2D eigenvalue weighted by Crippen LogP contribution is -2.73. The van der Waals surface area contributed by atoms with Gasteiger partial charge in [0.25, 0.3) is 0 Å². The Morgan fingerprint density at radius 1 is 1.35 bits per heavy atom. The highest BCUT2D eigenvalue weighted by Gasteiger charge is 2.59. The summed E-state index contributed by atoms with van der Waals surface area (Å²) >= 11 is 0. The van der Waals surface area contributed by atoms with Gasteiger partial charge in [0.2, 0.25) is 18.2 Å². The summed E-state index contributed by atoms with van der Waals surface area (Å²) in [5.74, 6) is -1.03. The number of carbonyl (C=O) groups excluding carboxylic acids is 1. The van der Waals surface area contributed by atoms with E-state index in [0.717, 1.165) is 38.1 Å². The van der Waals surface area contributed by atoms with E-state index >= 15 is 0 Å². The van der Waals surface area contributed by atoms with Crippen molar-refractivity contribution in [2.24, 2.45) is 21.6 Å². The van der Waals surface area contributed by atoms with Gasteiger partial charge in [0.05, 0.1) is 11.3 Å². The van der Waals surface area contributed by atoms with E-state index in [9.17, 15) is 22.4 Å². The van der Waals surface area contributed by atoms with Crippen LogP contribution in [0.15, 0.2) is 22.1 Å². The zero-order valence-corrected chi connectivity index (χ0v) is 20.9. The fourth-order valence-corrected chi connectivity index (χ4v) is 4.61. The molecule has 204 valence electrons. The molecule has 5 N–H and O–H groups in total. The molecule has 2 saturated heterocycles. The molecule has 3 fully saturated rings. The molecule has 10 nitrogen and oxygen atoms in total. The lowest BCUT2D eigenvalue weighted by atomic mass is 9.64. The second-order valence-electron chi connectivity index (χ2n) is 8.75. The highest BCUT2D eigenvalue weighted by molar-refractivity contribution is 6.03. The summed E-state index contributed by atoms with van der Waals surface area (Å²) in [4.78, 5) is 19.8. The average molecular weight is 530 g/mol. The molecule has 0 radical (unpaired) electrons. The summed E-state index contributed by atoms with van der Waals surface area (Å²) in [5.41, 5.74) is 3.15. The molecule has 2 bridgehead atoms. The predicted molar refractivity (Wildman–Crippen MR) is 132 cm³/mol. The Kier molecular flexibility index (Phi) is 9.73. The Hall–Kier alpha value is -3.55. The number of piperidine rings is 1. The van der Waals surface area contributed by atoms with Crippen LogP contribution in [0.25, 0.3) is 0 Å². The van der Waals surface area contributed by atoms with Crippen LogP contribution in [0.2, 0.25) is 0 Å². The quantitative estimate of drug-likeness (QED) is 0.185. The van der Waals surface area contributed by atoms with Crippen molar-refractivity contribution in [3.63, 3.8) is 0 Å². The number of fused-ring (bicyclic) bond motifs is 2. The van der Waals surface area contributed by atoms with E-state index < -0.39 is 34.5 Å². The predicted octanol–water partition coefficient (Wildman–Crippen LogP) is 3.25. The highest BCUT2D eigenvalue weighted by Crippen LogP contribution is 2.49.